The second-order valence-electron chi connectivity index (χ2n) is 2.46. The van der Waals surface area contributed by atoms with E-state index in [1.54, 1.807) is 18.2 Å². The molecule has 0 amide bonds. The number of pyridine rings is 1. The number of aromatic nitrogens is 1. The number of hydrogen-bond acceptors (Lipinski definition) is 5. The highest BCUT2D eigenvalue weighted by Gasteiger charge is 2.16. The van der Waals surface area contributed by atoms with E-state index in [4.69, 9.17) is 15.1 Å². The molecule has 14 heavy (non-hydrogen) atoms. The van der Waals surface area contributed by atoms with E-state index >= 15 is 0 Å². The molecule has 0 aliphatic carbocycles. The van der Waals surface area contributed by atoms with Crippen LogP contribution in [0.3, 0.4) is 0 Å². The molecule has 1 aromatic rings. The van der Waals surface area contributed by atoms with E-state index < -0.39 is 18.6 Å². The zero-order valence-electron chi connectivity index (χ0n) is 7.25. The number of carbonyl (C=O) groups is 1. The average Bonchev–Trinajstić information content (AvgIpc) is 2.20. The molecular weight excluding hydrogens is 188 g/mol. The third-order valence-corrected chi connectivity index (χ3v) is 1.42. The molecule has 0 aliphatic rings. The Bertz CT molecular complexity index is 291. The summed E-state index contributed by atoms with van der Waals surface area (Å²) < 4.78 is 0. The van der Waals surface area contributed by atoms with Crippen molar-refractivity contribution in [1.82, 2.24) is 10.5 Å². The van der Waals surface area contributed by atoms with Gasteiger partial charge in [-0.15, -0.1) is 5.48 Å². The van der Waals surface area contributed by atoms with Gasteiger partial charge >= 0.3 is 5.97 Å². The van der Waals surface area contributed by atoms with Gasteiger partial charge in [-0.2, -0.15) is 0 Å². The van der Waals surface area contributed by atoms with E-state index in [1.165, 1.54) is 6.20 Å². The number of aliphatic hydroxyl groups excluding tert-OH is 1. The lowest BCUT2D eigenvalue weighted by atomic mass is 10.3. The van der Waals surface area contributed by atoms with Crippen molar-refractivity contribution in [2.45, 2.75) is 6.04 Å². The summed E-state index contributed by atoms with van der Waals surface area (Å²) in [6, 6.07) is 3.80. The maximum absolute atomic E-state index is 10.4. The van der Waals surface area contributed by atoms with Crippen LogP contribution in [0.15, 0.2) is 24.4 Å². The van der Waals surface area contributed by atoms with Crippen LogP contribution >= 0.6 is 0 Å². The van der Waals surface area contributed by atoms with E-state index in [-0.39, 0.29) is 5.88 Å². The van der Waals surface area contributed by atoms with Crippen molar-refractivity contribution in [3.63, 3.8) is 0 Å². The SMILES string of the molecule is O=C(O)[C@H](CO)NOc1ccccn1. The standard InChI is InChI=1S/C8H10N2O4/c11-5-6(8(12)13)10-14-7-3-1-2-4-9-7/h1-4,6,10-11H,5H2,(H,12,13)/t6-/m0/s1. The first-order valence-electron chi connectivity index (χ1n) is 3.91. The van der Waals surface area contributed by atoms with Gasteiger partial charge in [0.05, 0.1) is 6.61 Å². The quantitative estimate of drug-likeness (QED) is 0.548. The van der Waals surface area contributed by atoms with Crippen molar-refractivity contribution in [3.05, 3.63) is 24.4 Å². The van der Waals surface area contributed by atoms with Gasteiger partial charge in [0, 0.05) is 12.3 Å². The number of hydroxylamine groups is 1. The molecule has 76 valence electrons. The fourth-order valence-electron chi connectivity index (χ4n) is 0.705. The molecule has 0 aromatic carbocycles. The molecule has 6 heteroatoms. The van der Waals surface area contributed by atoms with Gasteiger partial charge < -0.3 is 15.1 Å². The van der Waals surface area contributed by atoms with Crippen LogP contribution in [0.25, 0.3) is 0 Å². The summed E-state index contributed by atoms with van der Waals surface area (Å²) in [5, 5.41) is 17.2. The molecule has 0 spiro atoms. The fraction of sp³-hybridized carbons (Fsp3) is 0.250. The third kappa shape index (κ3) is 3.00. The Hall–Kier alpha value is -1.66. The Morgan fingerprint density at radius 3 is 2.93 bits per heavy atom. The van der Waals surface area contributed by atoms with E-state index in [0.29, 0.717) is 0 Å². The molecule has 0 radical (unpaired) electrons. The minimum absolute atomic E-state index is 0.243. The number of aliphatic carboxylic acids is 1. The Kier molecular flexibility index (Phi) is 3.84. The summed E-state index contributed by atoms with van der Waals surface area (Å²) >= 11 is 0. The molecule has 1 heterocycles. The average molecular weight is 198 g/mol. The molecule has 1 aromatic heterocycles. The second-order valence-corrected chi connectivity index (χ2v) is 2.46. The Morgan fingerprint density at radius 1 is 1.64 bits per heavy atom. The van der Waals surface area contributed by atoms with Gasteiger partial charge in [0.2, 0.25) is 5.88 Å². The third-order valence-electron chi connectivity index (χ3n) is 1.42. The molecule has 0 saturated carbocycles. The van der Waals surface area contributed by atoms with Crippen molar-refractivity contribution >= 4 is 5.97 Å². The highest BCUT2D eigenvalue weighted by atomic mass is 16.7. The van der Waals surface area contributed by atoms with Crippen LogP contribution in [-0.4, -0.2) is 33.8 Å². The number of carboxylic acids is 1. The summed E-state index contributed by atoms with van der Waals surface area (Å²) in [5.74, 6) is -0.948. The van der Waals surface area contributed by atoms with Crippen LogP contribution < -0.4 is 10.3 Å². The minimum Gasteiger partial charge on any atom is -0.480 e. The monoisotopic (exact) mass is 198 g/mol. The summed E-state index contributed by atoms with van der Waals surface area (Å²) in [4.78, 5) is 19.0. The van der Waals surface area contributed by atoms with Crippen LogP contribution in [0.5, 0.6) is 5.88 Å². The lowest BCUT2D eigenvalue weighted by molar-refractivity contribution is -0.143. The van der Waals surface area contributed by atoms with Crippen molar-refractivity contribution in [2.75, 3.05) is 6.61 Å². The zero-order chi connectivity index (χ0) is 10.4. The van der Waals surface area contributed by atoms with Crippen LogP contribution in [-0.2, 0) is 4.79 Å². The first-order valence-corrected chi connectivity index (χ1v) is 3.91. The fourth-order valence-corrected chi connectivity index (χ4v) is 0.705. The van der Waals surface area contributed by atoms with Crippen LogP contribution in [0.2, 0.25) is 0 Å². The molecule has 3 N–H and O–H groups in total. The van der Waals surface area contributed by atoms with E-state index in [0.717, 1.165) is 0 Å². The van der Waals surface area contributed by atoms with Gasteiger partial charge in [0.25, 0.3) is 0 Å². The van der Waals surface area contributed by atoms with E-state index in [9.17, 15) is 4.79 Å². The number of rotatable bonds is 5. The first kappa shape index (κ1) is 10.4. The molecule has 0 saturated heterocycles. The molecule has 1 rings (SSSR count). The molecule has 1 atom stereocenters. The van der Waals surface area contributed by atoms with Crippen LogP contribution in [0.4, 0.5) is 0 Å². The molecule has 0 fully saturated rings. The lowest BCUT2D eigenvalue weighted by Crippen LogP contribution is -2.41. The van der Waals surface area contributed by atoms with Gasteiger partial charge in [0.1, 0.15) is 0 Å². The maximum atomic E-state index is 10.4. The van der Waals surface area contributed by atoms with Crippen LogP contribution in [0.1, 0.15) is 0 Å². The maximum Gasteiger partial charge on any atom is 0.326 e. The van der Waals surface area contributed by atoms with Crippen molar-refractivity contribution in [2.24, 2.45) is 0 Å². The topological polar surface area (TPSA) is 91.7 Å². The highest BCUT2D eigenvalue weighted by molar-refractivity contribution is 5.73. The molecular formula is C8H10N2O4. The summed E-state index contributed by atoms with van der Waals surface area (Å²) in [7, 11) is 0. The smallest absolute Gasteiger partial charge is 0.326 e. The molecule has 0 bridgehead atoms. The van der Waals surface area contributed by atoms with Gasteiger partial charge in [-0.25, -0.2) is 4.98 Å². The number of carboxylic acid groups (broad SMARTS) is 1. The molecule has 0 aliphatic heterocycles. The van der Waals surface area contributed by atoms with Gasteiger partial charge in [0.15, 0.2) is 6.04 Å². The van der Waals surface area contributed by atoms with E-state index in [2.05, 4.69) is 10.5 Å². The summed E-state index contributed by atoms with van der Waals surface area (Å²) in [6.45, 7) is -0.553. The number of aliphatic hydroxyl groups is 1. The van der Waals surface area contributed by atoms with Gasteiger partial charge in [-0.1, -0.05) is 6.07 Å². The predicted molar refractivity (Wildman–Crippen MR) is 46.5 cm³/mol. The van der Waals surface area contributed by atoms with Gasteiger partial charge in [-0.05, 0) is 6.07 Å². The molecule has 6 nitrogen and oxygen atoms in total. The normalized spacial score (nSPS) is 12.1. The Labute approximate surface area is 80.1 Å². The number of nitrogens with one attached hydrogen (secondary N) is 1. The Morgan fingerprint density at radius 2 is 2.43 bits per heavy atom. The number of hydrogen-bond donors (Lipinski definition) is 3. The first-order chi connectivity index (χ1) is 6.74. The minimum atomic E-state index is -1.19. The predicted octanol–water partition coefficient (Wildman–Crippen LogP) is -0.590. The highest BCUT2D eigenvalue weighted by Crippen LogP contribution is 2.01. The van der Waals surface area contributed by atoms with E-state index in [1.807, 2.05) is 0 Å². The van der Waals surface area contributed by atoms with Gasteiger partial charge in [-0.3, -0.25) is 4.79 Å². The van der Waals surface area contributed by atoms with Crippen LogP contribution in [0, 0.1) is 0 Å². The zero-order valence-corrected chi connectivity index (χ0v) is 7.25. The number of nitrogens with zero attached hydrogens (tertiary/aromatic N) is 1. The second kappa shape index (κ2) is 5.15. The van der Waals surface area contributed by atoms with Crippen molar-refractivity contribution in [3.8, 4) is 5.88 Å². The lowest BCUT2D eigenvalue weighted by Gasteiger charge is -2.10. The molecule has 0 unspecified atom stereocenters. The Balaban J connectivity index is 2.44. The van der Waals surface area contributed by atoms with Crippen molar-refractivity contribution in [1.29, 1.82) is 0 Å². The summed E-state index contributed by atoms with van der Waals surface area (Å²) in [5.41, 5.74) is 2.17. The largest absolute Gasteiger partial charge is 0.480 e. The van der Waals surface area contributed by atoms with Crippen molar-refractivity contribution < 1.29 is 19.8 Å². The summed E-state index contributed by atoms with van der Waals surface area (Å²) in [6.07, 6.45) is 1.51.